The van der Waals surface area contributed by atoms with Crippen molar-refractivity contribution in [1.82, 2.24) is 4.90 Å². The number of hydrogen-bond donors (Lipinski definition) is 1. The molecule has 2 fully saturated rings. The molecule has 3 unspecified atom stereocenters. The van der Waals surface area contributed by atoms with Gasteiger partial charge < -0.3 is 10.6 Å². The number of nitrogens with two attached hydrogens (primary N) is 1. The molecule has 2 aliphatic rings. The molecule has 0 heterocycles. The number of hydrogen-bond acceptors (Lipinski definition) is 2. The van der Waals surface area contributed by atoms with Crippen molar-refractivity contribution in [2.75, 3.05) is 13.6 Å². The molecule has 0 spiro atoms. The highest BCUT2D eigenvalue weighted by molar-refractivity contribution is 4.86. The molecular weight excluding hydrogens is 220 g/mol. The van der Waals surface area contributed by atoms with E-state index in [4.69, 9.17) is 5.73 Å². The van der Waals surface area contributed by atoms with Crippen molar-refractivity contribution in [3.63, 3.8) is 0 Å². The predicted octanol–water partition coefficient (Wildman–Crippen LogP) is 3.40. The Hall–Kier alpha value is -0.0800. The van der Waals surface area contributed by atoms with Crippen LogP contribution in [0.15, 0.2) is 0 Å². The Balaban J connectivity index is 1.81. The molecule has 0 aromatic heterocycles. The fourth-order valence-electron chi connectivity index (χ4n) is 4.13. The zero-order valence-electron chi connectivity index (χ0n) is 12.4. The van der Waals surface area contributed by atoms with Gasteiger partial charge >= 0.3 is 0 Å². The summed E-state index contributed by atoms with van der Waals surface area (Å²) < 4.78 is 0. The maximum absolute atomic E-state index is 6.36. The van der Waals surface area contributed by atoms with Crippen molar-refractivity contribution in [3.05, 3.63) is 0 Å². The SMILES string of the molecule is CCCC1CCC(N)C(CN(C)C2CCCC2)C1. The monoisotopic (exact) mass is 252 g/mol. The summed E-state index contributed by atoms with van der Waals surface area (Å²) in [5.41, 5.74) is 6.36. The van der Waals surface area contributed by atoms with Crippen molar-refractivity contribution < 1.29 is 0 Å². The maximum atomic E-state index is 6.36. The van der Waals surface area contributed by atoms with E-state index >= 15 is 0 Å². The first-order valence-corrected chi connectivity index (χ1v) is 8.16. The molecule has 0 aliphatic heterocycles. The van der Waals surface area contributed by atoms with E-state index in [1.807, 2.05) is 0 Å². The second kappa shape index (κ2) is 6.91. The Morgan fingerprint density at radius 2 is 1.83 bits per heavy atom. The van der Waals surface area contributed by atoms with Crippen molar-refractivity contribution in [3.8, 4) is 0 Å². The molecule has 106 valence electrons. The summed E-state index contributed by atoms with van der Waals surface area (Å²) in [7, 11) is 2.33. The zero-order valence-corrected chi connectivity index (χ0v) is 12.4. The van der Waals surface area contributed by atoms with Gasteiger partial charge in [0, 0.05) is 18.6 Å². The quantitative estimate of drug-likeness (QED) is 0.812. The molecule has 2 aliphatic carbocycles. The molecule has 0 saturated heterocycles. The van der Waals surface area contributed by atoms with Crippen molar-refractivity contribution in [1.29, 1.82) is 0 Å². The van der Waals surface area contributed by atoms with Crippen LogP contribution in [0.5, 0.6) is 0 Å². The third-order valence-electron chi connectivity index (χ3n) is 5.32. The molecular formula is C16H32N2. The Kier molecular flexibility index (Phi) is 5.50. The van der Waals surface area contributed by atoms with Gasteiger partial charge in [0.15, 0.2) is 0 Å². The van der Waals surface area contributed by atoms with Crippen LogP contribution in [-0.4, -0.2) is 30.6 Å². The molecule has 2 N–H and O–H groups in total. The molecule has 2 rings (SSSR count). The summed E-state index contributed by atoms with van der Waals surface area (Å²) in [5.74, 6) is 1.71. The lowest BCUT2D eigenvalue weighted by Gasteiger charge is -2.38. The lowest BCUT2D eigenvalue weighted by Crippen LogP contribution is -2.44. The fourth-order valence-corrected chi connectivity index (χ4v) is 4.13. The van der Waals surface area contributed by atoms with Crippen molar-refractivity contribution in [2.45, 2.75) is 76.8 Å². The van der Waals surface area contributed by atoms with Gasteiger partial charge in [0.25, 0.3) is 0 Å². The van der Waals surface area contributed by atoms with E-state index < -0.39 is 0 Å². The molecule has 2 heteroatoms. The Morgan fingerprint density at radius 1 is 1.11 bits per heavy atom. The van der Waals surface area contributed by atoms with Crippen LogP contribution in [-0.2, 0) is 0 Å². The van der Waals surface area contributed by atoms with Gasteiger partial charge in [-0.1, -0.05) is 32.6 Å². The van der Waals surface area contributed by atoms with Crippen LogP contribution >= 0.6 is 0 Å². The van der Waals surface area contributed by atoms with Crippen LogP contribution in [0.25, 0.3) is 0 Å². The summed E-state index contributed by atoms with van der Waals surface area (Å²) in [4.78, 5) is 2.62. The molecule has 2 saturated carbocycles. The van der Waals surface area contributed by atoms with Gasteiger partial charge in [-0.25, -0.2) is 0 Å². The van der Waals surface area contributed by atoms with E-state index in [9.17, 15) is 0 Å². The fraction of sp³-hybridized carbons (Fsp3) is 1.00. The van der Waals surface area contributed by atoms with Gasteiger partial charge in [0.05, 0.1) is 0 Å². The first-order valence-electron chi connectivity index (χ1n) is 8.16. The molecule has 2 nitrogen and oxygen atoms in total. The number of nitrogens with zero attached hydrogens (tertiary/aromatic N) is 1. The Bertz CT molecular complexity index is 235. The van der Waals surface area contributed by atoms with Gasteiger partial charge in [-0.3, -0.25) is 0 Å². The van der Waals surface area contributed by atoms with Crippen LogP contribution < -0.4 is 5.73 Å². The lowest BCUT2D eigenvalue weighted by atomic mass is 9.76. The minimum atomic E-state index is 0.460. The largest absolute Gasteiger partial charge is 0.327 e. The molecule has 0 bridgehead atoms. The van der Waals surface area contributed by atoms with Gasteiger partial charge in [-0.05, 0) is 51.0 Å². The second-order valence-corrected chi connectivity index (χ2v) is 6.77. The van der Waals surface area contributed by atoms with Gasteiger partial charge in [-0.15, -0.1) is 0 Å². The average molecular weight is 252 g/mol. The van der Waals surface area contributed by atoms with Crippen LogP contribution in [0.1, 0.15) is 64.7 Å². The van der Waals surface area contributed by atoms with Gasteiger partial charge in [0.2, 0.25) is 0 Å². The molecule has 0 amide bonds. The van der Waals surface area contributed by atoms with Crippen LogP contribution in [0, 0.1) is 11.8 Å². The molecule has 0 aromatic rings. The Morgan fingerprint density at radius 3 is 2.50 bits per heavy atom. The lowest BCUT2D eigenvalue weighted by molar-refractivity contribution is 0.142. The van der Waals surface area contributed by atoms with E-state index in [0.717, 1.165) is 17.9 Å². The minimum Gasteiger partial charge on any atom is -0.327 e. The number of rotatable bonds is 5. The molecule has 3 atom stereocenters. The normalized spacial score (nSPS) is 34.3. The van der Waals surface area contributed by atoms with Gasteiger partial charge in [0.1, 0.15) is 0 Å². The van der Waals surface area contributed by atoms with E-state index in [-0.39, 0.29) is 0 Å². The van der Waals surface area contributed by atoms with Crippen molar-refractivity contribution in [2.24, 2.45) is 17.6 Å². The third-order valence-corrected chi connectivity index (χ3v) is 5.32. The summed E-state index contributed by atoms with van der Waals surface area (Å²) in [6.45, 7) is 3.56. The summed E-state index contributed by atoms with van der Waals surface area (Å²) in [6.07, 6.45) is 12.5. The molecule has 0 radical (unpaired) electrons. The highest BCUT2D eigenvalue weighted by atomic mass is 15.1. The highest BCUT2D eigenvalue weighted by Gasteiger charge is 2.30. The third kappa shape index (κ3) is 3.71. The van der Waals surface area contributed by atoms with Crippen LogP contribution in [0.3, 0.4) is 0 Å². The zero-order chi connectivity index (χ0) is 13.0. The summed E-state index contributed by atoms with van der Waals surface area (Å²) >= 11 is 0. The maximum Gasteiger partial charge on any atom is 0.00923 e. The minimum absolute atomic E-state index is 0.460. The molecule has 18 heavy (non-hydrogen) atoms. The van der Waals surface area contributed by atoms with Gasteiger partial charge in [-0.2, -0.15) is 0 Å². The van der Waals surface area contributed by atoms with E-state index in [1.54, 1.807) is 0 Å². The van der Waals surface area contributed by atoms with E-state index in [0.29, 0.717) is 6.04 Å². The highest BCUT2D eigenvalue weighted by Crippen LogP contribution is 2.33. The van der Waals surface area contributed by atoms with Crippen molar-refractivity contribution >= 4 is 0 Å². The Labute approximate surface area is 113 Å². The van der Waals surface area contributed by atoms with Crippen LogP contribution in [0.4, 0.5) is 0 Å². The topological polar surface area (TPSA) is 29.3 Å². The van der Waals surface area contributed by atoms with Crippen LogP contribution in [0.2, 0.25) is 0 Å². The second-order valence-electron chi connectivity index (χ2n) is 6.77. The summed E-state index contributed by atoms with van der Waals surface area (Å²) in [6, 6.07) is 1.31. The van der Waals surface area contributed by atoms with E-state index in [1.165, 1.54) is 64.3 Å². The predicted molar refractivity (Wildman–Crippen MR) is 78.6 cm³/mol. The van der Waals surface area contributed by atoms with E-state index in [2.05, 4.69) is 18.9 Å². The molecule has 0 aromatic carbocycles. The smallest absolute Gasteiger partial charge is 0.00923 e. The first kappa shape index (κ1) is 14.3. The summed E-state index contributed by atoms with van der Waals surface area (Å²) in [5, 5.41) is 0. The average Bonchev–Trinajstić information content (AvgIpc) is 2.87. The standard InChI is InChI=1S/C16H32N2/c1-3-6-13-9-10-16(17)14(11-13)12-18(2)15-7-4-5-8-15/h13-16H,3-12,17H2,1-2H3. The first-order chi connectivity index (χ1) is 8.70.